The zero-order valence-electron chi connectivity index (χ0n) is 21.1. The van der Waals surface area contributed by atoms with Gasteiger partial charge in [-0.3, -0.25) is 9.59 Å². The quantitative estimate of drug-likeness (QED) is 0.345. The van der Waals surface area contributed by atoms with Crippen LogP contribution in [-0.2, 0) is 19.8 Å². The number of halogens is 3. The minimum Gasteiger partial charge on any atom is -0.478 e. The standard InChI is InChI=1S/C28H24Cl3N3O5/c1-13-4-5-14(29)8-17(13)23-28(19-7-6-15(30)10-21(19)33-25(28)36)20(11-22(35)34-23)18-9-16(31)12-32-24(18)39-27(2,3)26(37)38/h4-10,12,20,23H,11H2,1-3H3,(H,33,36)(H,34,35)(H,37,38)/t20-,23+,28-/m1/s1. The van der Waals surface area contributed by atoms with Gasteiger partial charge in [0.2, 0.25) is 23.3 Å². The van der Waals surface area contributed by atoms with Crippen molar-refractivity contribution in [3.05, 3.63) is 86.0 Å². The highest BCUT2D eigenvalue weighted by atomic mass is 35.5. The number of nitrogens with one attached hydrogen (secondary N) is 2. The van der Waals surface area contributed by atoms with Crippen LogP contribution in [0.1, 0.15) is 54.5 Å². The molecule has 0 unspecified atom stereocenters. The number of hydrogen-bond acceptors (Lipinski definition) is 5. The summed E-state index contributed by atoms with van der Waals surface area (Å²) in [6.45, 7) is 4.64. The fraction of sp³-hybridized carbons (Fsp3) is 0.286. The van der Waals surface area contributed by atoms with Gasteiger partial charge < -0.3 is 20.5 Å². The first kappa shape index (κ1) is 27.2. The van der Waals surface area contributed by atoms with Crippen molar-refractivity contribution in [2.45, 2.75) is 50.2 Å². The number of carboxylic acid groups (broad SMARTS) is 1. The van der Waals surface area contributed by atoms with Crippen molar-refractivity contribution in [1.82, 2.24) is 10.3 Å². The first-order chi connectivity index (χ1) is 18.3. The van der Waals surface area contributed by atoms with E-state index in [1.165, 1.54) is 20.0 Å². The zero-order valence-corrected chi connectivity index (χ0v) is 23.4. The highest BCUT2D eigenvalue weighted by molar-refractivity contribution is 6.31. The lowest BCUT2D eigenvalue weighted by Gasteiger charge is -2.47. The SMILES string of the molecule is Cc1ccc(Cl)cc1[C@@H]1NC(=O)C[C@H](c2cc(Cl)cnc2OC(C)(C)C(=O)O)[C@@]12C(=O)Nc1cc(Cl)ccc12. The summed E-state index contributed by atoms with van der Waals surface area (Å²) in [5, 5.41) is 16.8. The van der Waals surface area contributed by atoms with Gasteiger partial charge in [0.25, 0.3) is 0 Å². The number of aryl methyl sites for hydroxylation is 1. The number of amides is 2. The number of pyridine rings is 1. The van der Waals surface area contributed by atoms with Crippen LogP contribution in [0.5, 0.6) is 5.88 Å². The van der Waals surface area contributed by atoms with E-state index in [1.54, 1.807) is 36.4 Å². The normalized spacial score (nSPS) is 22.3. The summed E-state index contributed by atoms with van der Waals surface area (Å²) in [5.74, 6) is -2.82. The second kappa shape index (κ2) is 9.70. The van der Waals surface area contributed by atoms with Gasteiger partial charge in [-0.05, 0) is 67.8 Å². The molecule has 11 heteroatoms. The summed E-state index contributed by atoms with van der Waals surface area (Å²) in [6.07, 6.45) is 1.20. The molecule has 2 aromatic carbocycles. The van der Waals surface area contributed by atoms with Gasteiger partial charge >= 0.3 is 5.97 Å². The maximum absolute atomic E-state index is 14.3. The number of nitrogens with zero attached hydrogens (tertiary/aromatic N) is 1. The second-order valence-electron chi connectivity index (χ2n) is 10.2. The molecule has 1 fully saturated rings. The summed E-state index contributed by atoms with van der Waals surface area (Å²) in [4.78, 5) is 43.8. The Morgan fingerprint density at radius 3 is 2.44 bits per heavy atom. The van der Waals surface area contributed by atoms with E-state index < -0.39 is 28.9 Å². The van der Waals surface area contributed by atoms with Gasteiger partial charge in [-0.15, -0.1) is 0 Å². The van der Waals surface area contributed by atoms with Crippen LogP contribution in [0.4, 0.5) is 5.69 Å². The number of carbonyl (C=O) groups excluding carboxylic acids is 2. The van der Waals surface area contributed by atoms with Crippen molar-refractivity contribution < 1.29 is 24.2 Å². The van der Waals surface area contributed by atoms with Gasteiger partial charge in [-0.25, -0.2) is 9.78 Å². The van der Waals surface area contributed by atoms with Gasteiger partial charge in [-0.2, -0.15) is 0 Å². The second-order valence-corrected chi connectivity index (χ2v) is 11.5. The largest absolute Gasteiger partial charge is 0.478 e. The van der Waals surface area contributed by atoms with E-state index in [1.807, 2.05) is 13.0 Å². The third-order valence-electron chi connectivity index (χ3n) is 7.39. The predicted octanol–water partition coefficient (Wildman–Crippen LogP) is 5.83. The van der Waals surface area contributed by atoms with Crippen LogP contribution in [0.15, 0.2) is 48.7 Å². The molecule has 3 aromatic rings. The number of rotatable bonds is 5. The lowest BCUT2D eigenvalue weighted by Crippen LogP contribution is -2.57. The Morgan fingerprint density at radius 1 is 1.05 bits per heavy atom. The van der Waals surface area contributed by atoms with E-state index >= 15 is 0 Å². The summed E-state index contributed by atoms with van der Waals surface area (Å²) in [5.41, 5.74) is -0.173. The number of carbonyl (C=O) groups is 3. The third kappa shape index (κ3) is 4.50. The Hall–Kier alpha value is -3.33. The van der Waals surface area contributed by atoms with Gasteiger partial charge in [0.05, 0.1) is 11.1 Å². The molecule has 2 aliphatic rings. The predicted molar refractivity (Wildman–Crippen MR) is 148 cm³/mol. The average Bonchev–Trinajstić information content (AvgIpc) is 3.14. The molecule has 1 aromatic heterocycles. The molecule has 2 aliphatic heterocycles. The van der Waals surface area contributed by atoms with E-state index in [0.29, 0.717) is 32.4 Å². The van der Waals surface area contributed by atoms with Crippen LogP contribution in [-0.4, -0.2) is 33.5 Å². The van der Waals surface area contributed by atoms with Crippen molar-refractivity contribution in [3.8, 4) is 5.88 Å². The molecular weight excluding hydrogens is 565 g/mol. The van der Waals surface area contributed by atoms with E-state index in [-0.39, 0.29) is 29.1 Å². The molecule has 3 atom stereocenters. The number of hydrogen-bond donors (Lipinski definition) is 3. The number of aliphatic carboxylic acids is 1. The number of piperidine rings is 1. The van der Waals surface area contributed by atoms with Crippen molar-refractivity contribution in [3.63, 3.8) is 0 Å². The maximum atomic E-state index is 14.3. The lowest BCUT2D eigenvalue weighted by atomic mass is 9.59. The van der Waals surface area contributed by atoms with E-state index in [4.69, 9.17) is 39.5 Å². The van der Waals surface area contributed by atoms with E-state index in [0.717, 1.165) is 5.56 Å². The molecule has 0 radical (unpaired) electrons. The summed E-state index contributed by atoms with van der Waals surface area (Å²) in [6, 6.07) is 11.1. The molecule has 2 amide bonds. The molecule has 0 bridgehead atoms. The molecule has 0 saturated carbocycles. The van der Waals surface area contributed by atoms with Crippen molar-refractivity contribution in [2.75, 3.05) is 5.32 Å². The Labute approximate surface area is 239 Å². The number of ether oxygens (including phenoxy) is 1. The fourth-order valence-electron chi connectivity index (χ4n) is 5.51. The molecule has 3 heterocycles. The van der Waals surface area contributed by atoms with Crippen molar-refractivity contribution in [2.24, 2.45) is 0 Å². The minimum absolute atomic E-state index is 0.0392. The van der Waals surface area contributed by atoms with Crippen molar-refractivity contribution >= 4 is 58.3 Å². The van der Waals surface area contributed by atoms with Gasteiger partial charge in [0, 0.05) is 39.8 Å². The van der Waals surface area contributed by atoms with Crippen LogP contribution in [0, 0.1) is 6.92 Å². The number of benzene rings is 2. The molecule has 1 saturated heterocycles. The van der Waals surface area contributed by atoms with Gasteiger partial charge in [0.1, 0.15) is 5.41 Å². The molecule has 3 N–H and O–H groups in total. The van der Waals surface area contributed by atoms with Crippen LogP contribution >= 0.6 is 34.8 Å². The summed E-state index contributed by atoms with van der Waals surface area (Å²) < 4.78 is 5.89. The number of carboxylic acids is 1. The lowest BCUT2D eigenvalue weighted by molar-refractivity contribution is -0.152. The Bertz CT molecular complexity index is 1540. The van der Waals surface area contributed by atoms with Crippen LogP contribution in [0.3, 0.4) is 0 Å². The summed E-state index contributed by atoms with van der Waals surface area (Å²) in [7, 11) is 0. The highest BCUT2D eigenvalue weighted by Gasteiger charge is 2.62. The molecule has 1 spiro atoms. The van der Waals surface area contributed by atoms with E-state index in [2.05, 4.69) is 15.6 Å². The molecule has 5 rings (SSSR count). The Balaban J connectivity index is 1.82. The first-order valence-corrected chi connectivity index (χ1v) is 13.2. The van der Waals surface area contributed by atoms with Gasteiger partial charge in [-0.1, -0.05) is 46.9 Å². The minimum atomic E-state index is -1.66. The highest BCUT2D eigenvalue weighted by Crippen LogP contribution is 2.59. The molecule has 39 heavy (non-hydrogen) atoms. The van der Waals surface area contributed by atoms with Gasteiger partial charge in [0.15, 0.2) is 0 Å². The van der Waals surface area contributed by atoms with Crippen LogP contribution in [0.25, 0.3) is 0 Å². The topological polar surface area (TPSA) is 118 Å². The monoisotopic (exact) mass is 587 g/mol. The Morgan fingerprint density at radius 2 is 1.72 bits per heavy atom. The fourth-order valence-corrected chi connectivity index (χ4v) is 6.02. The molecule has 0 aliphatic carbocycles. The smallest absolute Gasteiger partial charge is 0.347 e. The summed E-state index contributed by atoms with van der Waals surface area (Å²) >= 11 is 19.1. The van der Waals surface area contributed by atoms with E-state index in [9.17, 15) is 19.5 Å². The Kier molecular flexibility index (Phi) is 6.77. The molecule has 202 valence electrons. The zero-order chi connectivity index (χ0) is 28.3. The number of aromatic nitrogens is 1. The molecular formula is C28H24Cl3N3O5. The third-order valence-corrected chi connectivity index (χ3v) is 8.07. The maximum Gasteiger partial charge on any atom is 0.347 e. The first-order valence-electron chi connectivity index (χ1n) is 12.1. The van der Waals surface area contributed by atoms with Crippen molar-refractivity contribution in [1.29, 1.82) is 0 Å². The van der Waals surface area contributed by atoms with Crippen LogP contribution < -0.4 is 15.4 Å². The number of fused-ring (bicyclic) bond motifs is 2. The number of anilines is 1. The molecule has 8 nitrogen and oxygen atoms in total. The average molecular weight is 589 g/mol. The van der Waals surface area contributed by atoms with Crippen LogP contribution in [0.2, 0.25) is 15.1 Å².